The molecule has 0 fully saturated rings. The predicted molar refractivity (Wildman–Crippen MR) is 62.2 cm³/mol. The molecule has 0 bridgehead atoms. The second-order valence-electron chi connectivity index (χ2n) is 3.28. The lowest BCUT2D eigenvalue weighted by Crippen LogP contribution is -2.10. The molecule has 0 atom stereocenters. The van der Waals surface area contributed by atoms with E-state index in [1.54, 1.807) is 18.4 Å². The first-order chi connectivity index (χ1) is 7.05. The number of thiophene rings is 1. The van der Waals surface area contributed by atoms with Crippen molar-refractivity contribution in [2.45, 2.75) is 19.8 Å². The number of rotatable bonds is 6. The zero-order valence-corrected chi connectivity index (χ0v) is 10.2. The van der Waals surface area contributed by atoms with E-state index in [-0.39, 0.29) is 17.3 Å². The molecule has 1 aromatic heterocycles. The number of hydrogen-bond donors (Lipinski definition) is 0. The lowest BCUT2D eigenvalue weighted by Gasteiger charge is -2.00. The fraction of sp³-hybridized carbons (Fsp3) is 0.500. The number of carbonyl (C=O) groups excluding carboxylic acids is 1. The van der Waals surface area contributed by atoms with Gasteiger partial charge in [0.05, 0.1) is 5.75 Å². The highest BCUT2D eigenvalue weighted by atomic mass is 32.2. The molecule has 5 heteroatoms. The molecule has 0 aliphatic heterocycles. The number of hydrogen-bond acceptors (Lipinski definition) is 4. The van der Waals surface area contributed by atoms with Crippen molar-refractivity contribution in [2.24, 2.45) is 0 Å². The van der Waals surface area contributed by atoms with E-state index in [0.29, 0.717) is 18.4 Å². The first-order valence-corrected chi connectivity index (χ1v) is 7.57. The predicted octanol–water partition coefficient (Wildman–Crippen LogP) is 2.15. The lowest BCUT2D eigenvalue weighted by molar-refractivity contribution is 0.0982. The molecule has 0 aliphatic rings. The Bertz CT molecular complexity index is 404. The minimum Gasteiger partial charge on any atom is -0.294 e. The molecule has 0 saturated carbocycles. The summed E-state index contributed by atoms with van der Waals surface area (Å²) < 4.78 is 22.3. The van der Waals surface area contributed by atoms with E-state index in [1.807, 2.05) is 5.38 Å². The number of sulfone groups is 1. The molecule has 0 aliphatic carbocycles. The Hall–Kier alpha value is -0.680. The van der Waals surface area contributed by atoms with Crippen molar-refractivity contribution >= 4 is 27.0 Å². The highest BCUT2D eigenvalue weighted by molar-refractivity contribution is 7.91. The molecule has 0 spiro atoms. The van der Waals surface area contributed by atoms with Gasteiger partial charge in [-0.1, -0.05) is 6.92 Å². The van der Waals surface area contributed by atoms with Crippen LogP contribution in [0.4, 0.5) is 0 Å². The molecule has 0 N–H and O–H groups in total. The largest absolute Gasteiger partial charge is 0.294 e. The van der Waals surface area contributed by atoms with Gasteiger partial charge in [0.25, 0.3) is 0 Å². The Morgan fingerprint density at radius 1 is 1.47 bits per heavy atom. The molecule has 1 heterocycles. The zero-order chi connectivity index (χ0) is 11.3. The van der Waals surface area contributed by atoms with Gasteiger partial charge in [0.2, 0.25) is 0 Å². The van der Waals surface area contributed by atoms with E-state index in [2.05, 4.69) is 0 Å². The third kappa shape index (κ3) is 4.13. The van der Waals surface area contributed by atoms with Crippen LogP contribution in [0.15, 0.2) is 16.8 Å². The van der Waals surface area contributed by atoms with Crippen LogP contribution in [0, 0.1) is 0 Å². The highest BCUT2D eigenvalue weighted by Crippen LogP contribution is 2.10. The first-order valence-electron chi connectivity index (χ1n) is 4.81. The molecular weight excluding hydrogens is 232 g/mol. The average Bonchev–Trinajstić information content (AvgIpc) is 2.70. The van der Waals surface area contributed by atoms with E-state index >= 15 is 0 Å². The van der Waals surface area contributed by atoms with E-state index in [0.717, 1.165) is 0 Å². The summed E-state index contributed by atoms with van der Waals surface area (Å²) in [5.41, 5.74) is 0.689. The molecule has 1 aromatic rings. The maximum atomic E-state index is 11.5. The number of Topliss-reactive ketones (excluding diaryl/α,β-unsaturated/α-hetero) is 1. The third-order valence-electron chi connectivity index (χ3n) is 2.14. The summed E-state index contributed by atoms with van der Waals surface area (Å²) >= 11 is 1.47. The van der Waals surface area contributed by atoms with Crippen LogP contribution in [0.25, 0.3) is 0 Å². The van der Waals surface area contributed by atoms with Crippen LogP contribution in [0.2, 0.25) is 0 Å². The smallest absolute Gasteiger partial charge is 0.163 e. The van der Waals surface area contributed by atoms with Crippen molar-refractivity contribution in [1.82, 2.24) is 0 Å². The first kappa shape index (κ1) is 12.4. The normalized spacial score (nSPS) is 11.5. The minimum absolute atomic E-state index is 0.0301. The van der Waals surface area contributed by atoms with E-state index in [4.69, 9.17) is 0 Å². The summed E-state index contributed by atoms with van der Waals surface area (Å²) in [6, 6.07) is 1.77. The average molecular weight is 246 g/mol. The van der Waals surface area contributed by atoms with Gasteiger partial charge in [0.15, 0.2) is 5.78 Å². The minimum atomic E-state index is -2.93. The molecule has 0 radical (unpaired) electrons. The third-order valence-corrected chi connectivity index (χ3v) is 4.62. The summed E-state index contributed by atoms with van der Waals surface area (Å²) in [6.45, 7) is 1.62. The van der Waals surface area contributed by atoms with Crippen molar-refractivity contribution < 1.29 is 13.2 Å². The van der Waals surface area contributed by atoms with E-state index in [9.17, 15) is 13.2 Å². The Balaban J connectivity index is 2.36. The molecule has 0 amide bonds. The lowest BCUT2D eigenvalue weighted by atomic mass is 10.1. The van der Waals surface area contributed by atoms with E-state index in [1.165, 1.54) is 11.3 Å². The van der Waals surface area contributed by atoms with Crippen LogP contribution in [-0.2, 0) is 9.84 Å². The van der Waals surface area contributed by atoms with Gasteiger partial charge >= 0.3 is 0 Å². The van der Waals surface area contributed by atoms with Crippen molar-refractivity contribution in [3.05, 3.63) is 22.4 Å². The van der Waals surface area contributed by atoms with Gasteiger partial charge in [-0.15, -0.1) is 0 Å². The van der Waals surface area contributed by atoms with Crippen LogP contribution in [-0.4, -0.2) is 25.7 Å². The van der Waals surface area contributed by atoms with Gasteiger partial charge in [0, 0.05) is 23.1 Å². The Kier molecular flexibility index (Phi) is 4.47. The highest BCUT2D eigenvalue weighted by Gasteiger charge is 2.10. The SMILES string of the molecule is CCS(=O)(=O)CCCC(=O)c1ccsc1. The molecule has 0 unspecified atom stereocenters. The second kappa shape index (κ2) is 5.42. The maximum absolute atomic E-state index is 11.5. The number of ketones is 1. The number of carbonyl (C=O) groups is 1. The van der Waals surface area contributed by atoms with Gasteiger partial charge < -0.3 is 0 Å². The molecule has 0 aromatic carbocycles. The van der Waals surface area contributed by atoms with Crippen LogP contribution < -0.4 is 0 Å². The van der Waals surface area contributed by atoms with Gasteiger partial charge in [-0.3, -0.25) is 4.79 Å². The van der Waals surface area contributed by atoms with Gasteiger partial charge in [-0.25, -0.2) is 8.42 Å². The quantitative estimate of drug-likeness (QED) is 0.723. The van der Waals surface area contributed by atoms with Crippen LogP contribution in [0.5, 0.6) is 0 Å². The van der Waals surface area contributed by atoms with Crippen LogP contribution in [0.3, 0.4) is 0 Å². The fourth-order valence-electron chi connectivity index (χ4n) is 1.16. The Morgan fingerprint density at radius 2 is 2.20 bits per heavy atom. The zero-order valence-electron chi connectivity index (χ0n) is 8.60. The van der Waals surface area contributed by atoms with Crippen LogP contribution >= 0.6 is 11.3 Å². The summed E-state index contributed by atoms with van der Waals surface area (Å²) in [7, 11) is -2.93. The topological polar surface area (TPSA) is 51.2 Å². The molecule has 0 saturated heterocycles. The van der Waals surface area contributed by atoms with Crippen molar-refractivity contribution in [3.8, 4) is 0 Å². The molecule has 1 rings (SSSR count). The van der Waals surface area contributed by atoms with Crippen molar-refractivity contribution in [1.29, 1.82) is 0 Å². The Morgan fingerprint density at radius 3 is 2.73 bits per heavy atom. The Labute approximate surface area is 94.0 Å². The van der Waals surface area contributed by atoms with Crippen molar-refractivity contribution in [3.63, 3.8) is 0 Å². The monoisotopic (exact) mass is 246 g/mol. The molecular formula is C10H14O3S2. The molecule has 3 nitrogen and oxygen atoms in total. The summed E-state index contributed by atoms with van der Waals surface area (Å²) in [4.78, 5) is 11.5. The maximum Gasteiger partial charge on any atom is 0.163 e. The van der Waals surface area contributed by atoms with Gasteiger partial charge in [-0.05, 0) is 17.9 Å². The fourth-order valence-corrected chi connectivity index (χ4v) is 2.70. The molecule has 15 heavy (non-hydrogen) atoms. The van der Waals surface area contributed by atoms with Crippen molar-refractivity contribution in [2.75, 3.05) is 11.5 Å². The molecule has 84 valence electrons. The van der Waals surface area contributed by atoms with Gasteiger partial charge in [-0.2, -0.15) is 11.3 Å². The standard InChI is InChI=1S/C10H14O3S2/c1-2-15(12,13)7-3-4-10(11)9-5-6-14-8-9/h5-6,8H,2-4,7H2,1H3. The summed E-state index contributed by atoms with van der Waals surface area (Å²) in [6.07, 6.45) is 0.737. The summed E-state index contributed by atoms with van der Waals surface area (Å²) in [5.74, 6) is 0.293. The van der Waals surface area contributed by atoms with E-state index < -0.39 is 9.84 Å². The second-order valence-corrected chi connectivity index (χ2v) is 6.53. The van der Waals surface area contributed by atoms with Gasteiger partial charge in [0.1, 0.15) is 9.84 Å². The summed E-state index contributed by atoms with van der Waals surface area (Å²) in [5, 5.41) is 3.63. The van der Waals surface area contributed by atoms with Crippen LogP contribution in [0.1, 0.15) is 30.1 Å².